The number of rotatable bonds is 4. The molecule has 340 valence electrons. The third-order valence-corrected chi connectivity index (χ3v) is 12.0. The van der Waals surface area contributed by atoms with E-state index in [0.29, 0.717) is 32.1 Å². The van der Waals surface area contributed by atoms with Crippen molar-refractivity contribution in [3.8, 4) is 0 Å². The van der Waals surface area contributed by atoms with E-state index in [-0.39, 0.29) is 176 Å². The Morgan fingerprint density at radius 2 is 1.33 bits per heavy atom. The Morgan fingerprint density at radius 1 is 0.841 bits per heavy atom. The molecule has 4 aliphatic rings. The smallest absolute Gasteiger partial charge is 1.00 e. The fraction of sp³-hybridized carbons (Fsp3) is 0.658. The van der Waals surface area contributed by atoms with E-state index in [4.69, 9.17) is 28.8 Å². The van der Waals surface area contributed by atoms with Gasteiger partial charge in [0.05, 0.1) is 11.2 Å². The minimum absolute atomic E-state index is 0. The second-order valence-corrected chi connectivity index (χ2v) is 20.5. The summed E-state index contributed by atoms with van der Waals surface area (Å²) in [5.41, 5.74) is 0.699. The number of hydrogen-bond acceptors (Lipinski definition) is 19. The summed E-state index contributed by atoms with van der Waals surface area (Å²) in [6, 6.07) is 0. The zero-order valence-corrected chi connectivity index (χ0v) is 55.1. The maximum atomic E-state index is 12.1. The first-order valence-electron chi connectivity index (χ1n) is 19.7. The third kappa shape index (κ3) is 23.2. The second-order valence-electron chi connectivity index (χ2n) is 16.9. The normalized spacial score (nSPS) is 17.9. The minimum atomic E-state index is -0.465. The zero-order valence-electron chi connectivity index (χ0n) is 39.5. The summed E-state index contributed by atoms with van der Waals surface area (Å²) in [5, 5.41) is 13.9. The van der Waals surface area contributed by atoms with Crippen molar-refractivity contribution < 1.29 is 183 Å². The van der Waals surface area contributed by atoms with Gasteiger partial charge in [-0.15, -0.1) is 0 Å². The summed E-state index contributed by atoms with van der Waals surface area (Å²) in [5.74, 6) is 0.670. The number of amides is 2. The van der Waals surface area contributed by atoms with Crippen LogP contribution in [0.1, 0.15) is 112 Å². The molecule has 25 heteroatoms. The van der Waals surface area contributed by atoms with Crippen LogP contribution in [0, 0.1) is 0 Å². The first-order chi connectivity index (χ1) is 28.6. The molecule has 3 aromatic rings. The monoisotopic (exact) mass is 1240 g/mol. The Labute approximate surface area is 511 Å². The van der Waals surface area contributed by atoms with Gasteiger partial charge in [-0.25, -0.2) is 24.5 Å². The average Bonchev–Trinajstić information content (AvgIpc) is 4.05. The van der Waals surface area contributed by atoms with Gasteiger partial charge < -0.3 is 45.5 Å². The van der Waals surface area contributed by atoms with Crippen LogP contribution < -0.4 is 148 Å². The predicted octanol–water partition coefficient (Wildman–Crippen LogP) is 0.608. The van der Waals surface area contributed by atoms with Gasteiger partial charge in [0, 0.05) is 32.1 Å². The molecule has 63 heavy (non-hydrogen) atoms. The third-order valence-electron chi connectivity index (χ3n) is 9.39. The first kappa shape index (κ1) is 61.7. The standard InChI is InChI=1S/C16H28BNO4.C12H17N3O2S.C7H11N3S.C2HBrN2S.CH2O3.2Cs.H/c1-14(2,3)20-13(19)18-10-8-12(9-11-18)17-21-15(4,5)16(6,7)22-17;1-12(2,3)17-11(16)15-6-4-9(5-7-15)10-13-8-14-18-10;1-3-8-4-2-6(1)7-9-5-10-11-7;3-2-4-1-5-6-2;2-1-4-3;;;/h8H,9-11H2,1-7H3;4,8H,5-7H2,1-3H3;5-6,8H,1-4H2;1H;1,3H;;;/q;;;;;2*+1;-1/p-1. The fourth-order valence-corrected chi connectivity index (χ4v) is 7.54. The number of ether oxygens (including phenoxy) is 2. The number of carbonyl (C=O) groups is 3. The van der Waals surface area contributed by atoms with Crippen LogP contribution in [0.5, 0.6) is 0 Å². The van der Waals surface area contributed by atoms with Gasteiger partial charge in [0.15, 0.2) is 3.92 Å². The Balaban J connectivity index is 0.000000845. The van der Waals surface area contributed by atoms with Crippen LogP contribution in [0.3, 0.4) is 0 Å². The van der Waals surface area contributed by atoms with Crippen LogP contribution in [0.4, 0.5) is 9.59 Å². The molecular weight excluding hydrogens is 1180 g/mol. The van der Waals surface area contributed by atoms with Crippen molar-refractivity contribution in [2.24, 2.45) is 0 Å². The average molecular weight is 1240 g/mol. The van der Waals surface area contributed by atoms with E-state index in [9.17, 15) is 9.59 Å². The number of hydrogen-bond donors (Lipinski definition) is 1. The summed E-state index contributed by atoms with van der Waals surface area (Å²) in [4.78, 5) is 50.7. The summed E-state index contributed by atoms with van der Waals surface area (Å²) in [6.07, 6.45) is 12.2. The number of carbonyl (C=O) groups excluding carboxylic acids is 3. The van der Waals surface area contributed by atoms with Crippen molar-refractivity contribution in [2.75, 3.05) is 39.3 Å². The molecule has 2 amide bonds. The summed E-state index contributed by atoms with van der Waals surface area (Å²) < 4.78 is 35.4. The molecule has 0 aliphatic carbocycles. The molecule has 7 heterocycles. The van der Waals surface area contributed by atoms with Crippen LogP contribution in [-0.2, 0) is 28.5 Å². The quantitative estimate of drug-likeness (QED) is 0.164. The van der Waals surface area contributed by atoms with Crippen LogP contribution in [0.25, 0.3) is 5.57 Å². The van der Waals surface area contributed by atoms with Crippen molar-refractivity contribution in [1.29, 1.82) is 0 Å². The Hall–Kier alpha value is 0.659. The van der Waals surface area contributed by atoms with Gasteiger partial charge in [0.25, 0.3) is 6.47 Å². The molecule has 2 saturated heterocycles. The molecule has 0 saturated carbocycles. The molecule has 7 rings (SSSR count). The molecule has 0 aromatic carbocycles. The summed E-state index contributed by atoms with van der Waals surface area (Å²) in [7, 11) is -0.314. The van der Waals surface area contributed by atoms with Gasteiger partial charge in [-0.3, -0.25) is 4.79 Å². The van der Waals surface area contributed by atoms with Crippen molar-refractivity contribution >= 4 is 81.9 Å². The number of halogens is 1. The van der Waals surface area contributed by atoms with Gasteiger partial charge in [-0.2, -0.15) is 13.1 Å². The molecule has 18 nitrogen and oxygen atoms in total. The number of nitrogens with one attached hydrogen (secondary N) is 1. The molecule has 0 spiro atoms. The van der Waals surface area contributed by atoms with Gasteiger partial charge in [-0.1, -0.05) is 12.2 Å². The van der Waals surface area contributed by atoms with Gasteiger partial charge in [0.2, 0.25) is 0 Å². The Kier molecular flexibility index (Phi) is 29.7. The van der Waals surface area contributed by atoms with Crippen LogP contribution in [0.15, 0.2) is 40.5 Å². The predicted molar refractivity (Wildman–Crippen MR) is 238 cm³/mol. The van der Waals surface area contributed by atoms with Crippen molar-refractivity contribution in [2.45, 2.75) is 123 Å². The minimum Gasteiger partial charge on any atom is -1.00 e. The zero-order chi connectivity index (χ0) is 45.3. The van der Waals surface area contributed by atoms with E-state index in [1.54, 1.807) is 34.0 Å². The maximum absolute atomic E-state index is 12.1. The first-order valence-corrected chi connectivity index (χ1v) is 22.8. The van der Waals surface area contributed by atoms with Crippen molar-refractivity contribution in [1.82, 2.24) is 43.2 Å². The van der Waals surface area contributed by atoms with E-state index in [2.05, 4.69) is 54.2 Å². The molecule has 0 radical (unpaired) electrons. The van der Waals surface area contributed by atoms with E-state index in [1.165, 1.54) is 47.2 Å². The molecule has 3 aromatic heterocycles. The molecule has 0 unspecified atom stereocenters. The van der Waals surface area contributed by atoms with Crippen molar-refractivity contribution in [3.63, 3.8) is 0 Å². The number of nitrogens with zero attached hydrogens (tertiary/aromatic N) is 8. The van der Waals surface area contributed by atoms with Crippen LogP contribution >= 0.6 is 50.5 Å². The molecule has 1 N–H and O–H groups in total. The SMILES string of the molecule is Brc1ncns1.CC(C)(C)OC(=O)N1CC=C(B2OC(C)(C)C(C)(C)O2)CC1.CC(C)(C)OC(=O)N1CC=C(c2ncns2)CC1.O=CO[O-].[Cs+].[Cs+].[H-].c1nsc(C2CCNCC2)n1. The van der Waals surface area contributed by atoms with E-state index in [0.717, 1.165) is 45.9 Å². The summed E-state index contributed by atoms with van der Waals surface area (Å²) >= 11 is 7.39. The topological polar surface area (TPSA) is 216 Å². The van der Waals surface area contributed by atoms with Gasteiger partial charge in [0.1, 0.15) is 40.2 Å². The molecule has 2 fully saturated rings. The maximum Gasteiger partial charge on any atom is 1.00 e. The van der Waals surface area contributed by atoms with Crippen LogP contribution in [0.2, 0.25) is 0 Å². The van der Waals surface area contributed by atoms with Gasteiger partial charge >= 0.3 is 157 Å². The number of piperidine rings is 1. The van der Waals surface area contributed by atoms with Crippen molar-refractivity contribution in [3.05, 3.63) is 50.5 Å². The van der Waals surface area contributed by atoms with E-state index >= 15 is 0 Å². The molecule has 0 atom stereocenters. The fourth-order valence-electron chi connectivity index (χ4n) is 5.65. The van der Waals surface area contributed by atoms with Crippen LogP contribution in [-0.4, -0.2) is 125 Å². The molecule has 0 bridgehead atoms. The largest absolute Gasteiger partial charge is 1.00 e. The molecular formula is C38H59BBrCs2N9O9S3. The number of aromatic nitrogens is 6. The molecule has 4 aliphatic heterocycles. The second kappa shape index (κ2) is 30.3. The summed E-state index contributed by atoms with van der Waals surface area (Å²) in [6.45, 7) is 23.9. The van der Waals surface area contributed by atoms with E-state index < -0.39 is 11.2 Å². The van der Waals surface area contributed by atoms with Gasteiger partial charge in [-0.05, 0) is 170 Å². The Morgan fingerprint density at radius 3 is 1.70 bits per heavy atom. The Bertz CT molecular complexity index is 1820. The van der Waals surface area contributed by atoms with E-state index in [1.807, 2.05) is 81.4 Å².